The molecule has 3 aliphatic rings. The molecular formula is C43H46N8O6. The number of fused-ring (bicyclic) bond motifs is 8. The molecule has 14 nitrogen and oxygen atoms in total. The molecule has 294 valence electrons. The number of nitrogens with zero attached hydrogens (tertiary/aromatic N) is 4. The summed E-state index contributed by atoms with van der Waals surface area (Å²) in [5, 5.41) is 9.42. The average molecular weight is 771 g/mol. The van der Waals surface area contributed by atoms with Gasteiger partial charge in [-0.05, 0) is 90.1 Å². The average Bonchev–Trinajstić information content (AvgIpc) is 4.08. The Kier molecular flexibility index (Phi) is 9.21. The first-order valence-electron chi connectivity index (χ1n) is 19.7. The lowest BCUT2D eigenvalue weighted by atomic mass is 9.97. The number of imidazole rings is 2. The normalized spacial score (nSPS) is 20.9. The monoisotopic (exact) mass is 770 g/mol. The van der Waals surface area contributed by atoms with Crippen molar-refractivity contribution < 1.29 is 28.7 Å². The van der Waals surface area contributed by atoms with Gasteiger partial charge in [0, 0.05) is 23.4 Å². The number of alkyl carbamates (subject to hydrolysis) is 2. The maximum Gasteiger partial charge on any atom is 0.407 e. The van der Waals surface area contributed by atoms with Crippen LogP contribution >= 0.6 is 0 Å². The minimum atomic E-state index is -0.696. The smallest absolute Gasteiger partial charge is 0.407 e. The summed E-state index contributed by atoms with van der Waals surface area (Å²) in [5.41, 5.74) is 5.70. The van der Waals surface area contributed by atoms with Gasteiger partial charge in [-0.1, -0.05) is 50.2 Å². The molecule has 4 amide bonds. The van der Waals surface area contributed by atoms with E-state index in [2.05, 4.69) is 79.9 Å². The van der Waals surface area contributed by atoms with Crippen LogP contribution in [0.25, 0.3) is 54.7 Å². The first-order valence-corrected chi connectivity index (χ1v) is 19.7. The van der Waals surface area contributed by atoms with Gasteiger partial charge >= 0.3 is 12.2 Å². The molecule has 57 heavy (non-hydrogen) atoms. The van der Waals surface area contributed by atoms with Crippen molar-refractivity contribution in [2.75, 3.05) is 27.3 Å². The molecule has 3 fully saturated rings. The highest BCUT2D eigenvalue weighted by atomic mass is 16.5. The fourth-order valence-corrected chi connectivity index (χ4v) is 9.50. The van der Waals surface area contributed by atoms with Gasteiger partial charge in [-0.25, -0.2) is 19.6 Å². The molecule has 0 radical (unpaired) electrons. The molecule has 5 atom stereocenters. The van der Waals surface area contributed by atoms with Crippen molar-refractivity contribution in [3.8, 4) is 11.1 Å². The largest absolute Gasteiger partial charge is 0.453 e. The van der Waals surface area contributed by atoms with Crippen LogP contribution in [0, 0.1) is 11.8 Å². The fourth-order valence-electron chi connectivity index (χ4n) is 9.50. The van der Waals surface area contributed by atoms with E-state index in [1.165, 1.54) is 14.2 Å². The van der Waals surface area contributed by atoms with Crippen LogP contribution in [0.1, 0.15) is 69.7 Å². The van der Waals surface area contributed by atoms with Crippen LogP contribution < -0.4 is 10.6 Å². The van der Waals surface area contributed by atoms with Gasteiger partial charge in [-0.15, -0.1) is 0 Å². The van der Waals surface area contributed by atoms with E-state index in [1.54, 1.807) is 0 Å². The van der Waals surface area contributed by atoms with Gasteiger partial charge in [0.25, 0.3) is 0 Å². The molecule has 2 aromatic heterocycles. The summed E-state index contributed by atoms with van der Waals surface area (Å²) in [4.78, 5) is 71.7. The Labute approximate surface area is 328 Å². The maximum absolute atomic E-state index is 13.7. The second-order valence-electron chi connectivity index (χ2n) is 15.9. The van der Waals surface area contributed by atoms with Gasteiger partial charge in [0.05, 0.1) is 48.4 Å². The van der Waals surface area contributed by atoms with E-state index in [1.807, 2.05) is 29.7 Å². The highest BCUT2D eigenvalue weighted by Gasteiger charge is 2.50. The quantitative estimate of drug-likeness (QED) is 0.130. The summed E-state index contributed by atoms with van der Waals surface area (Å²) >= 11 is 0. The third-order valence-corrected chi connectivity index (χ3v) is 12.3. The molecule has 2 unspecified atom stereocenters. The van der Waals surface area contributed by atoms with Crippen molar-refractivity contribution in [3.63, 3.8) is 0 Å². The number of nitrogens with one attached hydrogen (secondary N) is 4. The Morgan fingerprint density at radius 2 is 1.44 bits per heavy atom. The van der Waals surface area contributed by atoms with Crippen molar-refractivity contribution in [2.24, 2.45) is 11.8 Å². The van der Waals surface area contributed by atoms with E-state index in [0.717, 1.165) is 98.5 Å². The second-order valence-corrected chi connectivity index (χ2v) is 15.9. The molecule has 6 aromatic rings. The van der Waals surface area contributed by atoms with Crippen molar-refractivity contribution in [3.05, 3.63) is 72.3 Å². The van der Waals surface area contributed by atoms with Gasteiger partial charge in [0.15, 0.2) is 0 Å². The van der Waals surface area contributed by atoms with Crippen LogP contribution in [0.3, 0.4) is 0 Å². The minimum Gasteiger partial charge on any atom is -0.453 e. The summed E-state index contributed by atoms with van der Waals surface area (Å²) in [5.74, 6) is 1.46. The SMILES string of the molecule is COC(=O)NCC(=O)N1C2CC[C@H](C2)[C@H]1c1nc2c(ccc3cc(-c4ccc5c(ccc6[nH]c([C@@H]7CCCN7C(=O)C(NC(=O)OC)C(C)C)nc65)c4)ccc32)[nH]1. The van der Waals surface area contributed by atoms with Crippen LogP contribution in [0.4, 0.5) is 9.59 Å². The molecule has 1 aliphatic carbocycles. The number of likely N-dealkylation sites (tertiary alicyclic amines) is 2. The van der Waals surface area contributed by atoms with E-state index in [4.69, 9.17) is 14.7 Å². The minimum absolute atomic E-state index is 0.111. The summed E-state index contributed by atoms with van der Waals surface area (Å²) in [6.07, 6.45) is 3.31. The maximum atomic E-state index is 13.7. The highest BCUT2D eigenvalue weighted by molar-refractivity contribution is 6.07. The second kappa shape index (κ2) is 14.4. The van der Waals surface area contributed by atoms with Crippen LogP contribution in [-0.4, -0.2) is 93.1 Å². The Balaban J connectivity index is 0.980. The number of hydrogen-bond acceptors (Lipinski definition) is 8. The third kappa shape index (κ3) is 6.36. The molecule has 9 rings (SSSR count). The number of rotatable bonds is 8. The number of aromatic nitrogens is 4. The number of aromatic amines is 2. The zero-order valence-corrected chi connectivity index (χ0v) is 32.4. The molecular weight excluding hydrogens is 725 g/mol. The van der Waals surface area contributed by atoms with Crippen molar-refractivity contribution in [1.29, 1.82) is 0 Å². The number of carbonyl (C=O) groups excluding carboxylic acids is 4. The first-order chi connectivity index (χ1) is 27.6. The Hall–Kier alpha value is -6.18. The zero-order chi connectivity index (χ0) is 39.5. The molecule has 4 N–H and O–H groups in total. The lowest BCUT2D eigenvalue weighted by Crippen LogP contribution is -2.51. The molecule has 4 heterocycles. The van der Waals surface area contributed by atoms with Gasteiger partial charge in [-0.3, -0.25) is 9.59 Å². The predicted octanol–water partition coefficient (Wildman–Crippen LogP) is 6.86. The summed E-state index contributed by atoms with van der Waals surface area (Å²) in [7, 11) is 2.58. The predicted molar refractivity (Wildman–Crippen MR) is 215 cm³/mol. The molecule has 2 aliphatic heterocycles. The van der Waals surface area contributed by atoms with Crippen molar-refractivity contribution >= 4 is 67.6 Å². The highest BCUT2D eigenvalue weighted by Crippen LogP contribution is 2.50. The number of benzene rings is 4. The van der Waals surface area contributed by atoms with E-state index >= 15 is 0 Å². The van der Waals surface area contributed by atoms with E-state index in [9.17, 15) is 19.2 Å². The number of carbonyl (C=O) groups is 4. The number of hydrogen-bond donors (Lipinski definition) is 4. The number of H-pyrrole nitrogens is 2. The van der Waals surface area contributed by atoms with Gasteiger partial charge < -0.3 is 39.9 Å². The van der Waals surface area contributed by atoms with Gasteiger partial charge in [0.1, 0.15) is 24.2 Å². The van der Waals surface area contributed by atoms with Crippen LogP contribution in [0.2, 0.25) is 0 Å². The molecule has 1 saturated carbocycles. The molecule has 2 saturated heterocycles. The number of ether oxygens (including phenoxy) is 2. The zero-order valence-electron chi connectivity index (χ0n) is 32.4. The van der Waals surface area contributed by atoms with Crippen molar-refractivity contribution in [1.82, 2.24) is 40.4 Å². The lowest BCUT2D eigenvalue weighted by Gasteiger charge is -2.34. The lowest BCUT2D eigenvalue weighted by molar-refractivity contribution is -0.136. The Morgan fingerprint density at radius 3 is 2.07 bits per heavy atom. The summed E-state index contributed by atoms with van der Waals surface area (Å²) < 4.78 is 9.46. The first kappa shape index (κ1) is 36.5. The van der Waals surface area contributed by atoms with E-state index < -0.39 is 18.2 Å². The molecule has 0 spiro atoms. The van der Waals surface area contributed by atoms with E-state index in [-0.39, 0.29) is 42.4 Å². The Morgan fingerprint density at radius 1 is 0.807 bits per heavy atom. The van der Waals surface area contributed by atoms with Crippen molar-refractivity contribution in [2.45, 2.75) is 70.1 Å². The van der Waals surface area contributed by atoms with Gasteiger partial charge in [-0.2, -0.15) is 0 Å². The Bertz CT molecular complexity index is 2580. The standard InChI is InChI=1S/C43H46N8O6/c1-22(2)35(49-43(55)57-4)41(53)50-17-5-6-33(50)39-45-31-15-10-25-18-23(8-13-29(25)36(31)47-39)24-9-14-30-26(19-24)11-16-32-37(30)48-40(46-32)38-27-7-12-28(20-27)51(38)34(52)21-44-42(54)56-3/h8-11,13-16,18-19,22,27-28,33,35,38H,5-7,12,17,20-21H2,1-4H3,(H,44,54)(H,45,47)(H,46,48)(H,49,55)/t27-,28?,33+,35?,38+/m1/s1. The third-order valence-electron chi connectivity index (χ3n) is 12.3. The topological polar surface area (TPSA) is 175 Å². The van der Waals surface area contributed by atoms with Crippen LogP contribution in [0.15, 0.2) is 60.7 Å². The molecule has 2 bridgehead atoms. The summed E-state index contributed by atoms with van der Waals surface area (Å²) in [6, 6.07) is 20.2. The number of amides is 4. The number of piperidine rings is 1. The van der Waals surface area contributed by atoms with Gasteiger partial charge in [0.2, 0.25) is 11.8 Å². The number of methoxy groups -OCH3 is 2. The fraction of sp³-hybridized carbons (Fsp3) is 0.395. The van der Waals surface area contributed by atoms with Crippen LogP contribution in [-0.2, 0) is 19.1 Å². The van der Waals surface area contributed by atoms with Crippen LogP contribution in [0.5, 0.6) is 0 Å². The summed E-state index contributed by atoms with van der Waals surface area (Å²) in [6.45, 7) is 4.30. The molecule has 4 aromatic carbocycles. The van der Waals surface area contributed by atoms with E-state index in [0.29, 0.717) is 12.5 Å². The molecule has 14 heteroatoms.